The van der Waals surface area contributed by atoms with Crippen molar-refractivity contribution in [2.75, 3.05) is 0 Å². The Hall–Kier alpha value is -0.960. The smallest absolute Gasteiger partial charge is 0.0937 e. The summed E-state index contributed by atoms with van der Waals surface area (Å²) in [5.74, 6) is 0.883. The molecule has 0 aliphatic carbocycles. The largest absolute Gasteiger partial charge is 0.389 e. The zero-order valence-electron chi connectivity index (χ0n) is 6.10. The minimum absolute atomic E-state index is 0.883. The van der Waals surface area contributed by atoms with Gasteiger partial charge >= 0.3 is 0 Å². The second kappa shape index (κ2) is 4.79. The first-order valence-electron chi connectivity index (χ1n) is 3.33. The van der Waals surface area contributed by atoms with Gasteiger partial charge in [-0.3, -0.25) is 0 Å². The van der Waals surface area contributed by atoms with Crippen LogP contribution in [0.2, 0.25) is 0 Å². The van der Waals surface area contributed by atoms with Gasteiger partial charge < -0.3 is 5.73 Å². The summed E-state index contributed by atoms with van der Waals surface area (Å²) in [4.78, 5) is 0. The molecule has 0 spiro atoms. The average Bonchev–Trinajstić information content (AvgIpc) is 2.07. The molecular weight excluding hydrogens is 156 g/mol. The van der Waals surface area contributed by atoms with E-state index in [1.165, 1.54) is 23.8 Å². The zero-order valence-corrected chi connectivity index (χ0v) is 6.92. The van der Waals surface area contributed by atoms with Gasteiger partial charge in [0.2, 0.25) is 0 Å². The highest BCUT2D eigenvalue weighted by Gasteiger charge is 1.87. The van der Waals surface area contributed by atoms with E-state index in [2.05, 4.69) is 16.5 Å². The normalized spacial score (nSPS) is 10.5. The predicted molar refractivity (Wildman–Crippen MR) is 50.4 cm³/mol. The lowest BCUT2D eigenvalue weighted by molar-refractivity contribution is 1.41. The van der Waals surface area contributed by atoms with Gasteiger partial charge in [-0.15, -0.1) is 0 Å². The maximum absolute atomic E-state index is 5.08. The molecule has 58 valence electrons. The Labute approximate surface area is 70.7 Å². The molecule has 0 aliphatic heterocycles. The number of nitrogens with zero attached hydrogens (tertiary/aromatic N) is 1. The monoisotopic (exact) mass is 166 g/mol. The molecule has 0 saturated carbocycles. The van der Waals surface area contributed by atoms with Gasteiger partial charge in [-0.2, -0.15) is 0 Å². The highest BCUT2D eigenvalue weighted by Crippen LogP contribution is 2.11. The lowest BCUT2D eigenvalue weighted by atomic mass is 10.2. The van der Waals surface area contributed by atoms with E-state index < -0.39 is 0 Å². The summed E-state index contributed by atoms with van der Waals surface area (Å²) in [6, 6.07) is 10.2. The molecule has 1 aromatic rings. The molecule has 3 heteroatoms. The van der Waals surface area contributed by atoms with Crippen LogP contribution in [-0.4, -0.2) is 6.34 Å². The van der Waals surface area contributed by atoms with Crippen molar-refractivity contribution in [3.05, 3.63) is 35.9 Å². The summed E-state index contributed by atoms with van der Waals surface area (Å²) < 4.78 is 3.84. The molecule has 0 fully saturated rings. The molecule has 0 atom stereocenters. The first kappa shape index (κ1) is 8.14. The van der Waals surface area contributed by atoms with Gasteiger partial charge in [0.15, 0.2) is 0 Å². The Bertz CT molecular complexity index is 221. The fourth-order valence-corrected chi connectivity index (χ4v) is 1.23. The summed E-state index contributed by atoms with van der Waals surface area (Å²) >= 11 is 1.45. The highest BCUT2D eigenvalue weighted by molar-refractivity contribution is 7.97. The van der Waals surface area contributed by atoms with Crippen molar-refractivity contribution in [2.24, 2.45) is 10.1 Å². The lowest BCUT2D eigenvalue weighted by Gasteiger charge is -1.94. The van der Waals surface area contributed by atoms with Crippen molar-refractivity contribution < 1.29 is 0 Å². The molecule has 1 aromatic carbocycles. The summed E-state index contributed by atoms with van der Waals surface area (Å²) in [5, 5.41) is 0. The van der Waals surface area contributed by atoms with Gasteiger partial charge in [0, 0.05) is 5.75 Å². The minimum atomic E-state index is 0.883. The summed E-state index contributed by atoms with van der Waals surface area (Å²) in [7, 11) is 0. The van der Waals surface area contributed by atoms with Crippen LogP contribution in [0.4, 0.5) is 0 Å². The van der Waals surface area contributed by atoms with E-state index in [4.69, 9.17) is 5.73 Å². The predicted octanol–water partition coefficient (Wildman–Crippen LogP) is 1.82. The Morgan fingerprint density at radius 1 is 1.36 bits per heavy atom. The van der Waals surface area contributed by atoms with E-state index in [0.717, 1.165) is 5.75 Å². The third-order valence-electron chi connectivity index (χ3n) is 1.21. The molecule has 2 nitrogen and oxygen atoms in total. The summed E-state index contributed by atoms with van der Waals surface area (Å²) in [6.07, 6.45) is 1.31. The Morgan fingerprint density at radius 3 is 2.73 bits per heavy atom. The fourth-order valence-electron chi connectivity index (χ4n) is 0.729. The second-order valence-corrected chi connectivity index (χ2v) is 2.77. The first-order chi connectivity index (χ1) is 5.43. The molecule has 0 aliphatic rings. The molecule has 0 heterocycles. The van der Waals surface area contributed by atoms with Crippen molar-refractivity contribution in [3.8, 4) is 0 Å². The van der Waals surface area contributed by atoms with Gasteiger partial charge in [-0.1, -0.05) is 30.3 Å². The lowest BCUT2D eigenvalue weighted by Crippen LogP contribution is -1.85. The van der Waals surface area contributed by atoms with Crippen LogP contribution >= 0.6 is 11.9 Å². The van der Waals surface area contributed by atoms with Crippen molar-refractivity contribution in [1.29, 1.82) is 0 Å². The van der Waals surface area contributed by atoms with Crippen molar-refractivity contribution in [3.63, 3.8) is 0 Å². The zero-order chi connectivity index (χ0) is 7.94. The Balaban J connectivity index is 2.39. The SMILES string of the molecule is NC=NSCc1ccccc1. The van der Waals surface area contributed by atoms with Crippen LogP contribution < -0.4 is 5.73 Å². The molecule has 2 N–H and O–H groups in total. The highest BCUT2D eigenvalue weighted by atomic mass is 32.2. The third kappa shape index (κ3) is 3.09. The van der Waals surface area contributed by atoms with Crippen LogP contribution in [0.1, 0.15) is 5.56 Å². The van der Waals surface area contributed by atoms with Crippen LogP contribution in [0.5, 0.6) is 0 Å². The molecule has 0 saturated heterocycles. The van der Waals surface area contributed by atoms with Gasteiger partial charge in [-0.05, 0) is 17.5 Å². The Kier molecular flexibility index (Phi) is 3.55. The van der Waals surface area contributed by atoms with E-state index >= 15 is 0 Å². The van der Waals surface area contributed by atoms with E-state index in [1.54, 1.807) is 0 Å². The molecule has 0 radical (unpaired) electrons. The molecule has 1 rings (SSSR count). The van der Waals surface area contributed by atoms with Crippen molar-refractivity contribution in [2.45, 2.75) is 5.75 Å². The van der Waals surface area contributed by atoms with E-state index in [0.29, 0.717) is 0 Å². The summed E-state index contributed by atoms with van der Waals surface area (Å²) in [5.41, 5.74) is 6.35. The number of benzene rings is 1. The number of hydrogen-bond donors (Lipinski definition) is 1. The fraction of sp³-hybridized carbons (Fsp3) is 0.125. The molecule has 0 bridgehead atoms. The van der Waals surface area contributed by atoms with Crippen LogP contribution in [0.25, 0.3) is 0 Å². The van der Waals surface area contributed by atoms with Crippen LogP contribution in [-0.2, 0) is 5.75 Å². The quantitative estimate of drug-likeness (QED) is 0.422. The Morgan fingerprint density at radius 2 is 2.09 bits per heavy atom. The van der Waals surface area contributed by atoms with Crippen LogP contribution in [0.3, 0.4) is 0 Å². The van der Waals surface area contributed by atoms with Gasteiger partial charge in [0.05, 0.1) is 6.34 Å². The molecule has 11 heavy (non-hydrogen) atoms. The van der Waals surface area contributed by atoms with Crippen molar-refractivity contribution >= 4 is 18.3 Å². The summed E-state index contributed by atoms with van der Waals surface area (Å²) in [6.45, 7) is 0. The van der Waals surface area contributed by atoms with Crippen molar-refractivity contribution in [1.82, 2.24) is 0 Å². The number of rotatable bonds is 3. The van der Waals surface area contributed by atoms with Crippen LogP contribution in [0.15, 0.2) is 34.7 Å². The molecule has 0 amide bonds. The van der Waals surface area contributed by atoms with Gasteiger partial charge in [0.25, 0.3) is 0 Å². The minimum Gasteiger partial charge on any atom is -0.389 e. The topological polar surface area (TPSA) is 38.4 Å². The number of nitrogens with two attached hydrogens (primary N) is 1. The van der Waals surface area contributed by atoms with E-state index in [1.807, 2.05) is 18.2 Å². The molecule has 0 unspecified atom stereocenters. The molecule has 0 aromatic heterocycles. The van der Waals surface area contributed by atoms with Crippen LogP contribution in [0, 0.1) is 0 Å². The molecular formula is C8H10N2S. The number of hydrogen-bond acceptors (Lipinski definition) is 2. The van der Waals surface area contributed by atoms with E-state index in [-0.39, 0.29) is 0 Å². The average molecular weight is 166 g/mol. The first-order valence-corrected chi connectivity index (χ1v) is 4.27. The van der Waals surface area contributed by atoms with Gasteiger partial charge in [-0.25, -0.2) is 4.40 Å². The maximum atomic E-state index is 5.08. The second-order valence-electron chi connectivity index (χ2n) is 2.01. The van der Waals surface area contributed by atoms with Gasteiger partial charge in [0.1, 0.15) is 0 Å². The maximum Gasteiger partial charge on any atom is 0.0937 e. The third-order valence-corrected chi connectivity index (χ3v) is 1.94. The standard InChI is InChI=1S/C8H10N2S/c9-7-10-11-6-8-4-2-1-3-5-8/h1-5,7H,6H2,(H2,9,10). The van der Waals surface area contributed by atoms with E-state index in [9.17, 15) is 0 Å².